The monoisotopic (exact) mass is 426 g/mol. The number of rotatable bonds is 8. The van der Waals surface area contributed by atoms with Gasteiger partial charge in [-0.2, -0.15) is 5.10 Å². The highest BCUT2D eigenvalue weighted by Crippen LogP contribution is 2.27. The van der Waals surface area contributed by atoms with Crippen LogP contribution in [0.1, 0.15) is 42.9 Å². The minimum atomic E-state index is -0.864. The average molecular weight is 427 g/mol. The fourth-order valence-corrected chi connectivity index (χ4v) is 3.24. The van der Waals surface area contributed by atoms with E-state index in [-0.39, 0.29) is 5.69 Å². The number of carbonyl (C=O) groups is 1. The van der Waals surface area contributed by atoms with Gasteiger partial charge in [-0.05, 0) is 38.8 Å². The van der Waals surface area contributed by atoms with Crippen LogP contribution in [0.15, 0.2) is 35.2 Å². The van der Waals surface area contributed by atoms with Crippen molar-refractivity contribution >= 4 is 22.5 Å². The molecule has 164 valence electrons. The summed E-state index contributed by atoms with van der Waals surface area (Å²) in [6, 6.07) is 1.61. The summed E-state index contributed by atoms with van der Waals surface area (Å²) in [5, 5.41) is 5.01. The summed E-state index contributed by atoms with van der Waals surface area (Å²) in [6.07, 6.45) is 5.42. The highest BCUT2D eigenvalue weighted by molar-refractivity contribution is 6.08. The third kappa shape index (κ3) is 4.96. The molecular formula is C21H27FN8O. The number of halogens is 1. The van der Waals surface area contributed by atoms with Gasteiger partial charge >= 0.3 is 0 Å². The van der Waals surface area contributed by atoms with Crippen LogP contribution in [0.5, 0.6) is 0 Å². The number of aliphatic imine (C=N–C) groups is 1. The SMILES string of the molecule is CC(N)=CC(=NCCCC(C)F)c1cn(C)c(-c2nc(C(N)=O)cc3c2cnn3C)n1. The molecule has 0 fully saturated rings. The van der Waals surface area contributed by atoms with Gasteiger partial charge in [-0.3, -0.25) is 14.5 Å². The van der Waals surface area contributed by atoms with Crippen molar-refractivity contribution < 1.29 is 9.18 Å². The van der Waals surface area contributed by atoms with E-state index in [4.69, 9.17) is 16.5 Å². The topological polar surface area (TPSA) is 130 Å². The molecule has 0 saturated heterocycles. The van der Waals surface area contributed by atoms with Crippen molar-refractivity contribution in [2.75, 3.05) is 6.54 Å². The first-order valence-corrected chi connectivity index (χ1v) is 9.96. The molecule has 0 aliphatic heterocycles. The number of alkyl halides is 1. The van der Waals surface area contributed by atoms with Crippen molar-refractivity contribution in [2.45, 2.75) is 32.9 Å². The van der Waals surface area contributed by atoms with Crippen LogP contribution >= 0.6 is 0 Å². The summed E-state index contributed by atoms with van der Waals surface area (Å²) in [6.45, 7) is 3.76. The van der Waals surface area contributed by atoms with E-state index in [9.17, 15) is 9.18 Å². The van der Waals surface area contributed by atoms with Crippen LogP contribution in [0.2, 0.25) is 0 Å². The van der Waals surface area contributed by atoms with E-state index >= 15 is 0 Å². The summed E-state index contributed by atoms with van der Waals surface area (Å²) in [4.78, 5) is 25.5. The zero-order valence-electron chi connectivity index (χ0n) is 18.1. The molecule has 3 aromatic rings. The molecule has 3 heterocycles. The largest absolute Gasteiger partial charge is 0.402 e. The predicted octanol–water partition coefficient (Wildman–Crippen LogP) is 2.26. The standard InChI is InChI=1S/C21H27FN8O/c1-12(22)6-5-7-25-15(8-13(2)23)17-11-29(3)21(28-17)19-14-10-26-30(4)18(14)9-16(27-19)20(24)31/h8-12H,5-7,23H2,1-4H3,(H2,24,31). The highest BCUT2D eigenvalue weighted by atomic mass is 19.1. The van der Waals surface area contributed by atoms with Gasteiger partial charge in [-0.25, -0.2) is 14.4 Å². The summed E-state index contributed by atoms with van der Waals surface area (Å²) in [5.41, 5.74) is 14.5. The number of fused-ring (bicyclic) bond motifs is 1. The number of aromatic nitrogens is 5. The molecule has 1 amide bonds. The summed E-state index contributed by atoms with van der Waals surface area (Å²) in [7, 11) is 3.60. The number of pyridine rings is 1. The van der Waals surface area contributed by atoms with Crippen LogP contribution in [0.3, 0.4) is 0 Å². The maximum absolute atomic E-state index is 13.1. The first-order valence-electron chi connectivity index (χ1n) is 9.96. The lowest BCUT2D eigenvalue weighted by molar-refractivity contribution is 0.0996. The fraction of sp³-hybridized carbons (Fsp3) is 0.381. The first-order chi connectivity index (χ1) is 14.7. The zero-order chi connectivity index (χ0) is 22.7. The molecule has 4 N–H and O–H groups in total. The van der Waals surface area contributed by atoms with E-state index in [1.54, 1.807) is 41.6 Å². The second-order valence-electron chi connectivity index (χ2n) is 7.56. The number of nitrogens with two attached hydrogens (primary N) is 2. The smallest absolute Gasteiger partial charge is 0.267 e. The molecule has 0 saturated carbocycles. The minimum Gasteiger partial charge on any atom is -0.402 e. The molecule has 0 spiro atoms. The Kier molecular flexibility index (Phi) is 6.47. The lowest BCUT2D eigenvalue weighted by Gasteiger charge is -2.05. The van der Waals surface area contributed by atoms with Crippen LogP contribution in [-0.2, 0) is 14.1 Å². The highest BCUT2D eigenvalue weighted by Gasteiger charge is 2.19. The molecule has 9 nitrogen and oxygen atoms in total. The number of primary amides is 1. The Labute approximate surface area is 179 Å². The van der Waals surface area contributed by atoms with E-state index in [0.29, 0.717) is 48.0 Å². The van der Waals surface area contributed by atoms with E-state index in [2.05, 4.69) is 15.1 Å². The second-order valence-corrected chi connectivity index (χ2v) is 7.56. The van der Waals surface area contributed by atoms with Crippen molar-refractivity contribution in [1.29, 1.82) is 0 Å². The first kappa shape index (κ1) is 22.1. The summed E-state index contributed by atoms with van der Waals surface area (Å²) >= 11 is 0. The van der Waals surface area contributed by atoms with Gasteiger partial charge in [0.2, 0.25) is 0 Å². The van der Waals surface area contributed by atoms with Gasteiger partial charge in [0, 0.05) is 37.9 Å². The minimum absolute atomic E-state index is 0.127. The van der Waals surface area contributed by atoms with E-state index in [1.807, 2.05) is 13.2 Å². The Morgan fingerprint density at radius 3 is 2.68 bits per heavy atom. The zero-order valence-corrected chi connectivity index (χ0v) is 18.1. The average Bonchev–Trinajstić information content (AvgIpc) is 3.26. The number of nitrogens with zero attached hydrogens (tertiary/aromatic N) is 6. The molecule has 0 aromatic carbocycles. The fourth-order valence-electron chi connectivity index (χ4n) is 3.24. The maximum Gasteiger partial charge on any atom is 0.267 e. The lowest BCUT2D eigenvalue weighted by atomic mass is 10.2. The number of carbonyl (C=O) groups excluding carboxylic acids is 1. The van der Waals surface area contributed by atoms with Gasteiger partial charge in [0.1, 0.15) is 17.1 Å². The molecule has 10 heteroatoms. The molecule has 0 aliphatic carbocycles. The van der Waals surface area contributed by atoms with Crippen LogP contribution in [0.4, 0.5) is 4.39 Å². The van der Waals surface area contributed by atoms with Crippen LogP contribution < -0.4 is 11.5 Å². The van der Waals surface area contributed by atoms with Crippen molar-refractivity contribution in [1.82, 2.24) is 24.3 Å². The number of hydrogen-bond donors (Lipinski definition) is 2. The van der Waals surface area contributed by atoms with Crippen LogP contribution in [0.25, 0.3) is 22.4 Å². The van der Waals surface area contributed by atoms with Gasteiger partial charge < -0.3 is 16.0 Å². The van der Waals surface area contributed by atoms with Crippen LogP contribution in [-0.4, -0.2) is 48.7 Å². The number of allylic oxidation sites excluding steroid dienone is 2. The van der Waals surface area contributed by atoms with Gasteiger partial charge in [0.15, 0.2) is 5.82 Å². The van der Waals surface area contributed by atoms with Gasteiger partial charge in [-0.1, -0.05) is 0 Å². The molecule has 1 unspecified atom stereocenters. The van der Waals surface area contributed by atoms with Crippen LogP contribution in [0, 0.1) is 0 Å². The number of amides is 1. The Morgan fingerprint density at radius 2 is 2.03 bits per heavy atom. The molecule has 0 radical (unpaired) electrons. The normalized spacial score (nSPS) is 13.7. The molecule has 31 heavy (non-hydrogen) atoms. The quantitative estimate of drug-likeness (QED) is 0.421. The maximum atomic E-state index is 13.1. The van der Waals surface area contributed by atoms with Crippen molar-refractivity contribution in [3.63, 3.8) is 0 Å². The van der Waals surface area contributed by atoms with Crippen molar-refractivity contribution in [2.24, 2.45) is 30.6 Å². The third-order valence-corrected chi connectivity index (χ3v) is 4.76. The van der Waals surface area contributed by atoms with Gasteiger partial charge in [-0.15, -0.1) is 0 Å². The Hall–Kier alpha value is -3.56. The molecular weight excluding hydrogens is 399 g/mol. The Morgan fingerprint density at radius 1 is 1.29 bits per heavy atom. The van der Waals surface area contributed by atoms with E-state index in [0.717, 1.165) is 10.9 Å². The molecule has 3 rings (SSSR count). The predicted molar refractivity (Wildman–Crippen MR) is 118 cm³/mol. The summed E-state index contributed by atoms with van der Waals surface area (Å²) in [5.74, 6) is -0.103. The Bertz CT molecular complexity index is 1170. The van der Waals surface area contributed by atoms with Crippen molar-refractivity contribution in [3.8, 4) is 11.5 Å². The van der Waals surface area contributed by atoms with E-state index in [1.165, 1.54) is 6.92 Å². The number of aryl methyl sites for hydroxylation is 2. The number of hydrogen-bond acceptors (Lipinski definition) is 6. The Balaban J connectivity index is 2.08. The number of imidazole rings is 1. The van der Waals surface area contributed by atoms with Gasteiger partial charge in [0.25, 0.3) is 5.91 Å². The molecule has 3 aromatic heterocycles. The lowest BCUT2D eigenvalue weighted by Crippen LogP contribution is -2.14. The van der Waals surface area contributed by atoms with Crippen molar-refractivity contribution in [3.05, 3.63) is 41.6 Å². The molecule has 0 aliphatic rings. The molecule has 0 bridgehead atoms. The summed E-state index contributed by atoms with van der Waals surface area (Å²) < 4.78 is 16.5. The van der Waals surface area contributed by atoms with E-state index < -0.39 is 12.1 Å². The second kappa shape index (κ2) is 9.07. The third-order valence-electron chi connectivity index (χ3n) is 4.76. The molecule has 1 atom stereocenters. The van der Waals surface area contributed by atoms with Gasteiger partial charge in [0.05, 0.1) is 23.6 Å².